The van der Waals surface area contributed by atoms with E-state index in [1.807, 2.05) is 31.2 Å². The van der Waals surface area contributed by atoms with E-state index in [4.69, 9.17) is 11.6 Å². The standard InChI is InChI=1S/C11H9ClO/c1-7-9-5-3-2-4-8(9)6-10(12)11(7)13/h2-6,13H,1H3. The molecule has 0 atom stereocenters. The van der Waals surface area contributed by atoms with E-state index in [9.17, 15) is 5.11 Å². The fraction of sp³-hybridized carbons (Fsp3) is 0.0909. The molecule has 2 rings (SSSR count). The van der Waals surface area contributed by atoms with Crippen molar-refractivity contribution in [3.05, 3.63) is 40.9 Å². The Labute approximate surface area is 81.6 Å². The highest BCUT2D eigenvalue weighted by Crippen LogP contribution is 2.33. The number of hydrogen-bond donors (Lipinski definition) is 1. The highest BCUT2D eigenvalue weighted by atomic mass is 35.5. The Hall–Kier alpha value is -1.21. The van der Waals surface area contributed by atoms with Crippen molar-refractivity contribution in [1.29, 1.82) is 0 Å². The van der Waals surface area contributed by atoms with Gasteiger partial charge in [-0.1, -0.05) is 35.9 Å². The van der Waals surface area contributed by atoms with E-state index in [2.05, 4.69) is 0 Å². The van der Waals surface area contributed by atoms with Crippen molar-refractivity contribution in [3.63, 3.8) is 0 Å². The topological polar surface area (TPSA) is 20.2 Å². The molecule has 0 unspecified atom stereocenters. The van der Waals surface area contributed by atoms with Gasteiger partial charge in [0.15, 0.2) is 0 Å². The van der Waals surface area contributed by atoms with E-state index in [0.717, 1.165) is 16.3 Å². The highest BCUT2D eigenvalue weighted by molar-refractivity contribution is 6.33. The second kappa shape index (κ2) is 2.93. The lowest BCUT2D eigenvalue weighted by Gasteiger charge is -2.05. The summed E-state index contributed by atoms with van der Waals surface area (Å²) >= 11 is 5.84. The summed E-state index contributed by atoms with van der Waals surface area (Å²) < 4.78 is 0. The van der Waals surface area contributed by atoms with Crippen LogP contribution < -0.4 is 0 Å². The lowest BCUT2D eigenvalue weighted by molar-refractivity contribution is 0.472. The lowest BCUT2D eigenvalue weighted by Crippen LogP contribution is -1.80. The summed E-state index contributed by atoms with van der Waals surface area (Å²) in [6.07, 6.45) is 0. The van der Waals surface area contributed by atoms with E-state index >= 15 is 0 Å². The monoisotopic (exact) mass is 192 g/mol. The minimum absolute atomic E-state index is 0.181. The first-order valence-electron chi connectivity index (χ1n) is 4.07. The normalized spacial score (nSPS) is 10.6. The largest absolute Gasteiger partial charge is 0.506 e. The molecule has 0 aromatic heterocycles. The van der Waals surface area contributed by atoms with Crippen molar-refractivity contribution >= 4 is 22.4 Å². The van der Waals surface area contributed by atoms with Crippen LogP contribution in [0, 0.1) is 6.92 Å². The molecular formula is C11H9ClO. The first-order valence-corrected chi connectivity index (χ1v) is 4.45. The minimum Gasteiger partial charge on any atom is -0.506 e. The van der Waals surface area contributed by atoms with Gasteiger partial charge in [0.1, 0.15) is 5.75 Å². The molecule has 1 nitrogen and oxygen atoms in total. The fourth-order valence-corrected chi connectivity index (χ4v) is 1.74. The van der Waals surface area contributed by atoms with Gasteiger partial charge in [-0.15, -0.1) is 0 Å². The van der Waals surface area contributed by atoms with Crippen molar-refractivity contribution in [2.24, 2.45) is 0 Å². The molecule has 0 saturated heterocycles. The van der Waals surface area contributed by atoms with Gasteiger partial charge in [-0.05, 0) is 23.8 Å². The van der Waals surface area contributed by atoms with Crippen LogP contribution in [0.1, 0.15) is 5.56 Å². The molecule has 0 saturated carbocycles. The third-order valence-corrected chi connectivity index (χ3v) is 2.52. The average molecular weight is 193 g/mol. The zero-order valence-electron chi connectivity index (χ0n) is 7.21. The van der Waals surface area contributed by atoms with Crippen LogP contribution in [-0.2, 0) is 0 Å². The third-order valence-electron chi connectivity index (χ3n) is 2.23. The zero-order chi connectivity index (χ0) is 9.42. The highest BCUT2D eigenvalue weighted by Gasteiger charge is 2.06. The molecule has 0 spiro atoms. The second-order valence-corrected chi connectivity index (χ2v) is 3.46. The van der Waals surface area contributed by atoms with E-state index < -0.39 is 0 Å². The van der Waals surface area contributed by atoms with Gasteiger partial charge in [0.05, 0.1) is 5.02 Å². The van der Waals surface area contributed by atoms with Crippen molar-refractivity contribution in [1.82, 2.24) is 0 Å². The van der Waals surface area contributed by atoms with Gasteiger partial charge >= 0.3 is 0 Å². The van der Waals surface area contributed by atoms with Crippen LogP contribution >= 0.6 is 11.6 Å². The van der Waals surface area contributed by atoms with Gasteiger partial charge in [0.2, 0.25) is 0 Å². The predicted molar refractivity (Wildman–Crippen MR) is 55.4 cm³/mol. The number of halogens is 1. The average Bonchev–Trinajstić information content (AvgIpc) is 2.15. The number of benzene rings is 2. The van der Waals surface area contributed by atoms with Crippen molar-refractivity contribution in [2.45, 2.75) is 6.92 Å². The number of phenols is 1. The molecule has 13 heavy (non-hydrogen) atoms. The predicted octanol–water partition coefficient (Wildman–Crippen LogP) is 3.51. The summed E-state index contributed by atoms with van der Waals surface area (Å²) in [4.78, 5) is 0. The van der Waals surface area contributed by atoms with Crippen LogP contribution in [0.3, 0.4) is 0 Å². The molecule has 1 N–H and O–H groups in total. The van der Waals surface area contributed by atoms with Crippen LogP contribution in [-0.4, -0.2) is 5.11 Å². The maximum absolute atomic E-state index is 9.57. The first-order chi connectivity index (χ1) is 6.20. The van der Waals surface area contributed by atoms with Gasteiger partial charge in [-0.3, -0.25) is 0 Å². The Balaban J connectivity index is 2.94. The van der Waals surface area contributed by atoms with E-state index in [1.165, 1.54) is 0 Å². The third kappa shape index (κ3) is 1.25. The van der Waals surface area contributed by atoms with Gasteiger partial charge in [0, 0.05) is 5.56 Å². The first kappa shape index (κ1) is 8.39. The Morgan fingerprint density at radius 1 is 1.23 bits per heavy atom. The van der Waals surface area contributed by atoms with Crippen LogP contribution in [0.5, 0.6) is 5.75 Å². The van der Waals surface area contributed by atoms with Gasteiger partial charge in [-0.2, -0.15) is 0 Å². The smallest absolute Gasteiger partial charge is 0.137 e. The maximum Gasteiger partial charge on any atom is 0.137 e. The summed E-state index contributed by atoms with van der Waals surface area (Å²) in [6.45, 7) is 1.86. The Morgan fingerprint density at radius 3 is 2.69 bits per heavy atom. The number of rotatable bonds is 0. The van der Waals surface area contributed by atoms with Crippen LogP contribution in [0.2, 0.25) is 5.02 Å². The van der Waals surface area contributed by atoms with Gasteiger partial charge in [0.25, 0.3) is 0 Å². The van der Waals surface area contributed by atoms with Crippen molar-refractivity contribution < 1.29 is 5.11 Å². The van der Waals surface area contributed by atoms with E-state index in [0.29, 0.717) is 5.02 Å². The molecule has 0 fully saturated rings. The molecule has 0 aliphatic rings. The Morgan fingerprint density at radius 2 is 1.92 bits per heavy atom. The summed E-state index contributed by atoms with van der Waals surface area (Å²) in [6, 6.07) is 9.63. The second-order valence-electron chi connectivity index (χ2n) is 3.05. The number of fused-ring (bicyclic) bond motifs is 1. The summed E-state index contributed by atoms with van der Waals surface area (Å²) in [5.74, 6) is 0.181. The van der Waals surface area contributed by atoms with E-state index in [-0.39, 0.29) is 5.75 Å². The molecular weight excluding hydrogens is 184 g/mol. The van der Waals surface area contributed by atoms with Crippen LogP contribution in [0.4, 0.5) is 0 Å². The lowest BCUT2D eigenvalue weighted by atomic mass is 10.0. The van der Waals surface area contributed by atoms with Crippen LogP contribution in [0.25, 0.3) is 10.8 Å². The van der Waals surface area contributed by atoms with Gasteiger partial charge < -0.3 is 5.11 Å². The number of phenolic OH excluding ortho intramolecular Hbond substituents is 1. The zero-order valence-corrected chi connectivity index (χ0v) is 7.97. The van der Waals surface area contributed by atoms with E-state index in [1.54, 1.807) is 6.07 Å². The molecule has 0 aliphatic heterocycles. The Bertz CT molecular complexity index is 463. The minimum atomic E-state index is 0.181. The molecule has 0 aliphatic carbocycles. The summed E-state index contributed by atoms with van der Waals surface area (Å²) in [5.41, 5.74) is 0.836. The summed E-state index contributed by atoms with van der Waals surface area (Å²) in [5, 5.41) is 12.1. The molecule has 2 aromatic rings. The molecule has 66 valence electrons. The molecule has 0 bridgehead atoms. The molecule has 2 heteroatoms. The molecule has 0 amide bonds. The van der Waals surface area contributed by atoms with Crippen molar-refractivity contribution in [3.8, 4) is 5.75 Å². The van der Waals surface area contributed by atoms with Crippen LogP contribution in [0.15, 0.2) is 30.3 Å². The Kier molecular flexibility index (Phi) is 1.89. The van der Waals surface area contributed by atoms with Gasteiger partial charge in [-0.25, -0.2) is 0 Å². The number of aryl methyl sites for hydroxylation is 1. The number of aromatic hydroxyl groups is 1. The fourth-order valence-electron chi connectivity index (χ4n) is 1.48. The summed E-state index contributed by atoms with van der Waals surface area (Å²) in [7, 11) is 0. The quantitative estimate of drug-likeness (QED) is 0.677. The number of hydrogen-bond acceptors (Lipinski definition) is 1. The van der Waals surface area contributed by atoms with Crippen molar-refractivity contribution in [2.75, 3.05) is 0 Å². The SMILES string of the molecule is Cc1c(O)c(Cl)cc2ccccc12. The molecule has 0 heterocycles. The molecule has 2 aromatic carbocycles. The molecule has 0 radical (unpaired) electrons. The maximum atomic E-state index is 9.57.